The Kier molecular flexibility index (Phi) is 6.62. The Balaban J connectivity index is 1.57. The molecule has 5 rings (SSSR count). The molecule has 0 saturated carbocycles. The number of benzene rings is 1. The number of thiophene rings is 1. The van der Waals surface area contributed by atoms with Gasteiger partial charge in [0.2, 0.25) is 5.56 Å². The molecule has 8 heteroatoms. The SMILES string of the molecule is CC(N(C)Cc1cc(CC(C)(C)O)c2cc(-c3n[nH]c4cc(-c5cc[nH]c(=O)c5)sc34)[nH]c2c1)C(C)(C)C. The van der Waals surface area contributed by atoms with Crippen molar-refractivity contribution in [1.82, 2.24) is 25.1 Å². The van der Waals surface area contributed by atoms with Crippen molar-refractivity contribution in [3.8, 4) is 21.8 Å². The van der Waals surface area contributed by atoms with E-state index < -0.39 is 5.60 Å². The summed E-state index contributed by atoms with van der Waals surface area (Å²) < 4.78 is 1.04. The molecule has 4 heterocycles. The van der Waals surface area contributed by atoms with Gasteiger partial charge in [0.25, 0.3) is 0 Å². The van der Waals surface area contributed by atoms with Crippen LogP contribution in [-0.2, 0) is 13.0 Å². The number of aromatic nitrogens is 4. The largest absolute Gasteiger partial charge is 0.390 e. The molecule has 0 aliphatic rings. The molecule has 0 fully saturated rings. The van der Waals surface area contributed by atoms with Gasteiger partial charge in [0.15, 0.2) is 0 Å². The number of aromatic amines is 3. The zero-order valence-electron chi connectivity index (χ0n) is 23.2. The Morgan fingerprint density at radius 1 is 1.08 bits per heavy atom. The van der Waals surface area contributed by atoms with Crippen molar-refractivity contribution in [2.24, 2.45) is 5.41 Å². The van der Waals surface area contributed by atoms with Crippen LogP contribution in [0.15, 0.2) is 47.4 Å². The number of nitrogens with zero attached hydrogens (tertiary/aromatic N) is 2. The lowest BCUT2D eigenvalue weighted by molar-refractivity contribution is 0.0813. The Morgan fingerprint density at radius 2 is 1.84 bits per heavy atom. The fourth-order valence-electron chi connectivity index (χ4n) is 5.04. The van der Waals surface area contributed by atoms with Crippen molar-refractivity contribution in [2.75, 3.05) is 7.05 Å². The normalized spacial score (nSPS) is 13.7. The van der Waals surface area contributed by atoms with E-state index in [-0.39, 0.29) is 11.0 Å². The minimum absolute atomic E-state index is 0.119. The van der Waals surface area contributed by atoms with Gasteiger partial charge in [-0.1, -0.05) is 26.8 Å². The Bertz CT molecular complexity index is 1660. The van der Waals surface area contributed by atoms with E-state index in [2.05, 4.69) is 78.0 Å². The molecule has 1 unspecified atom stereocenters. The Labute approximate surface area is 226 Å². The van der Waals surface area contributed by atoms with Gasteiger partial charge in [0.1, 0.15) is 5.69 Å². The maximum absolute atomic E-state index is 11.8. The second-order valence-corrected chi connectivity index (χ2v) is 13.3. The zero-order chi connectivity index (χ0) is 27.4. The standard InChI is InChI=1S/C30H37N5O2S/c1-17(29(2,3)4)35(7)16-18-10-20(15-30(5,6)37)21-13-23(32-22(21)11-18)27-28-24(33-34-27)14-25(38-28)19-8-9-31-26(36)12-19/h8-14,17,32,37H,15-16H2,1-7H3,(H,31,36)(H,33,34). The molecule has 0 radical (unpaired) electrons. The highest BCUT2D eigenvalue weighted by atomic mass is 32.1. The van der Waals surface area contributed by atoms with Crippen molar-refractivity contribution >= 4 is 32.5 Å². The van der Waals surface area contributed by atoms with Gasteiger partial charge in [-0.05, 0) is 74.2 Å². The molecule has 38 heavy (non-hydrogen) atoms. The number of H-pyrrole nitrogens is 3. The lowest BCUT2D eigenvalue weighted by Crippen LogP contribution is -2.38. The number of aliphatic hydroxyl groups is 1. The van der Waals surface area contributed by atoms with Gasteiger partial charge in [-0.2, -0.15) is 5.10 Å². The maximum atomic E-state index is 11.8. The van der Waals surface area contributed by atoms with Crippen LogP contribution in [0.5, 0.6) is 0 Å². The summed E-state index contributed by atoms with van der Waals surface area (Å²) in [6.07, 6.45) is 2.22. The predicted molar refractivity (Wildman–Crippen MR) is 158 cm³/mol. The van der Waals surface area contributed by atoms with E-state index in [1.165, 1.54) is 5.56 Å². The molecule has 4 aromatic heterocycles. The summed E-state index contributed by atoms with van der Waals surface area (Å²) >= 11 is 1.62. The fraction of sp³-hybridized carbons (Fsp3) is 0.400. The number of hydrogen-bond donors (Lipinski definition) is 4. The molecular weight excluding hydrogens is 494 g/mol. The number of fused-ring (bicyclic) bond motifs is 2. The van der Waals surface area contributed by atoms with Crippen LogP contribution in [0.2, 0.25) is 0 Å². The first-order chi connectivity index (χ1) is 17.8. The molecule has 7 nitrogen and oxygen atoms in total. The van der Waals surface area contributed by atoms with Gasteiger partial charge in [-0.25, -0.2) is 0 Å². The van der Waals surface area contributed by atoms with Gasteiger partial charge >= 0.3 is 0 Å². The number of rotatable bonds is 7. The first kappa shape index (κ1) is 26.4. The quantitative estimate of drug-likeness (QED) is 0.198. The lowest BCUT2D eigenvalue weighted by atomic mass is 9.87. The Morgan fingerprint density at radius 3 is 2.53 bits per heavy atom. The van der Waals surface area contributed by atoms with Crippen LogP contribution in [0.3, 0.4) is 0 Å². The summed E-state index contributed by atoms with van der Waals surface area (Å²) in [6, 6.07) is 12.6. The molecule has 0 aliphatic heterocycles. The predicted octanol–water partition coefficient (Wildman–Crippen LogP) is 6.31. The highest BCUT2D eigenvalue weighted by Crippen LogP contribution is 2.39. The van der Waals surface area contributed by atoms with E-state index in [0.717, 1.165) is 55.1 Å². The average Bonchev–Trinajstić information content (AvgIpc) is 3.50. The minimum atomic E-state index is -0.830. The molecule has 1 atom stereocenters. The molecule has 0 spiro atoms. The van der Waals surface area contributed by atoms with Crippen LogP contribution in [0.4, 0.5) is 0 Å². The van der Waals surface area contributed by atoms with E-state index in [1.54, 1.807) is 23.6 Å². The number of pyridine rings is 1. The van der Waals surface area contributed by atoms with Crippen molar-refractivity contribution in [3.63, 3.8) is 0 Å². The highest BCUT2D eigenvalue weighted by molar-refractivity contribution is 7.22. The van der Waals surface area contributed by atoms with E-state index in [4.69, 9.17) is 0 Å². The van der Waals surface area contributed by atoms with Crippen molar-refractivity contribution in [1.29, 1.82) is 0 Å². The van der Waals surface area contributed by atoms with Crippen LogP contribution < -0.4 is 5.56 Å². The van der Waals surface area contributed by atoms with E-state index in [1.807, 2.05) is 26.0 Å². The van der Waals surface area contributed by atoms with E-state index in [0.29, 0.717) is 12.5 Å². The van der Waals surface area contributed by atoms with E-state index >= 15 is 0 Å². The topological polar surface area (TPSA) is 101 Å². The minimum Gasteiger partial charge on any atom is -0.390 e. The first-order valence-electron chi connectivity index (χ1n) is 13.0. The summed E-state index contributed by atoms with van der Waals surface area (Å²) in [5, 5.41) is 19.6. The second-order valence-electron chi connectivity index (χ2n) is 12.2. The third kappa shape index (κ3) is 5.34. The third-order valence-electron chi connectivity index (χ3n) is 7.40. The zero-order valence-corrected chi connectivity index (χ0v) is 24.0. The molecule has 4 N–H and O–H groups in total. The average molecular weight is 532 g/mol. The fourth-order valence-corrected chi connectivity index (χ4v) is 6.14. The molecule has 0 aliphatic carbocycles. The summed E-state index contributed by atoms with van der Waals surface area (Å²) in [5.74, 6) is 0. The molecule has 0 amide bonds. The smallest absolute Gasteiger partial charge is 0.248 e. The molecule has 1 aromatic carbocycles. The summed E-state index contributed by atoms with van der Waals surface area (Å²) in [6.45, 7) is 13.6. The number of hydrogen-bond acceptors (Lipinski definition) is 5. The van der Waals surface area contributed by atoms with Crippen LogP contribution >= 0.6 is 11.3 Å². The van der Waals surface area contributed by atoms with Crippen LogP contribution in [0, 0.1) is 5.41 Å². The first-order valence-corrected chi connectivity index (χ1v) is 13.8. The molecule has 0 saturated heterocycles. The highest BCUT2D eigenvalue weighted by Gasteiger charge is 2.25. The summed E-state index contributed by atoms with van der Waals surface area (Å²) in [7, 11) is 2.17. The van der Waals surface area contributed by atoms with Crippen LogP contribution in [0.25, 0.3) is 42.9 Å². The number of nitrogens with one attached hydrogen (secondary N) is 3. The van der Waals surface area contributed by atoms with Crippen molar-refractivity contribution in [2.45, 2.75) is 66.2 Å². The molecule has 0 bridgehead atoms. The van der Waals surface area contributed by atoms with Gasteiger partial charge in [-0.3, -0.25) is 14.8 Å². The van der Waals surface area contributed by atoms with Gasteiger partial charge < -0.3 is 15.1 Å². The summed E-state index contributed by atoms with van der Waals surface area (Å²) in [5.41, 5.74) is 6.20. The van der Waals surface area contributed by atoms with Crippen molar-refractivity contribution < 1.29 is 5.11 Å². The Hall–Kier alpha value is -3.20. The van der Waals surface area contributed by atoms with Gasteiger partial charge in [0, 0.05) is 47.1 Å². The third-order valence-corrected chi connectivity index (χ3v) is 8.59. The van der Waals surface area contributed by atoms with Crippen molar-refractivity contribution in [3.05, 3.63) is 64.1 Å². The molecular formula is C30H37N5O2S. The maximum Gasteiger partial charge on any atom is 0.248 e. The monoisotopic (exact) mass is 531 g/mol. The van der Waals surface area contributed by atoms with Gasteiger partial charge in [0.05, 0.1) is 21.5 Å². The van der Waals surface area contributed by atoms with Gasteiger partial charge in [-0.15, -0.1) is 11.3 Å². The summed E-state index contributed by atoms with van der Waals surface area (Å²) in [4.78, 5) is 21.5. The van der Waals surface area contributed by atoms with E-state index in [9.17, 15) is 9.90 Å². The van der Waals surface area contributed by atoms with Crippen LogP contribution in [0.1, 0.15) is 52.7 Å². The molecule has 5 aromatic rings. The van der Waals surface area contributed by atoms with Crippen LogP contribution in [-0.4, -0.2) is 48.9 Å². The second kappa shape index (κ2) is 9.52. The lowest BCUT2D eigenvalue weighted by Gasteiger charge is -2.35. The molecule has 200 valence electrons.